The van der Waals surface area contributed by atoms with Crippen LogP contribution in [0.2, 0.25) is 0 Å². The van der Waals surface area contributed by atoms with E-state index in [4.69, 9.17) is 9.97 Å². The van der Waals surface area contributed by atoms with E-state index in [2.05, 4.69) is 41.5 Å². The van der Waals surface area contributed by atoms with Gasteiger partial charge in [0.2, 0.25) is 0 Å². The summed E-state index contributed by atoms with van der Waals surface area (Å²) in [5.74, 6) is 0.853. The maximum absolute atomic E-state index is 4.74. The van der Waals surface area contributed by atoms with Crippen LogP contribution in [0.15, 0.2) is 72.9 Å². The molecular formula is C21H16N4. The monoisotopic (exact) mass is 324 g/mol. The lowest BCUT2D eigenvalue weighted by Gasteiger charge is -2.01. The Bertz CT molecular complexity index is 1210. The molecule has 5 rings (SSSR count). The fourth-order valence-electron chi connectivity index (χ4n) is 3.25. The van der Waals surface area contributed by atoms with Crippen molar-refractivity contribution >= 4 is 27.3 Å². The molecule has 0 radical (unpaired) electrons. The molecule has 4 nitrogen and oxygen atoms in total. The summed E-state index contributed by atoms with van der Waals surface area (Å²) >= 11 is 0. The predicted octanol–water partition coefficient (Wildman–Crippen LogP) is 4.22. The zero-order valence-corrected chi connectivity index (χ0v) is 13.6. The summed E-state index contributed by atoms with van der Waals surface area (Å²) in [4.78, 5) is 9.47. The van der Waals surface area contributed by atoms with Crippen LogP contribution in [0.5, 0.6) is 0 Å². The molecule has 0 amide bonds. The number of nitrogens with zero attached hydrogens (tertiary/aromatic N) is 4. The highest BCUT2D eigenvalue weighted by atomic mass is 15.3. The first kappa shape index (κ1) is 14.1. The van der Waals surface area contributed by atoms with Crippen molar-refractivity contribution < 1.29 is 0 Å². The molecule has 0 bridgehead atoms. The van der Waals surface area contributed by atoms with E-state index in [0.717, 1.165) is 40.9 Å². The third kappa shape index (κ3) is 2.52. The summed E-state index contributed by atoms with van der Waals surface area (Å²) in [6.07, 6.45) is 3.59. The van der Waals surface area contributed by atoms with Crippen molar-refractivity contribution in [1.29, 1.82) is 0 Å². The standard InChI is InChI=1S/C21H16N4/c1-3-7-18-15(5-1)13-14-25-21(18)23-20(24-25)12-11-17-10-9-16-6-2-4-8-19(16)22-17/h1-10,13-14H,11-12H2. The molecule has 0 N–H and O–H groups in total. The van der Waals surface area contributed by atoms with Gasteiger partial charge >= 0.3 is 0 Å². The number of rotatable bonds is 3. The summed E-state index contributed by atoms with van der Waals surface area (Å²) in [5.41, 5.74) is 3.02. The van der Waals surface area contributed by atoms with Gasteiger partial charge in [-0.15, -0.1) is 0 Å². The van der Waals surface area contributed by atoms with E-state index in [1.807, 2.05) is 41.0 Å². The van der Waals surface area contributed by atoms with E-state index < -0.39 is 0 Å². The zero-order valence-electron chi connectivity index (χ0n) is 13.6. The Labute approximate surface area is 144 Å². The van der Waals surface area contributed by atoms with Crippen LogP contribution in [0.4, 0.5) is 0 Å². The molecule has 0 unspecified atom stereocenters. The average molecular weight is 324 g/mol. The van der Waals surface area contributed by atoms with Crippen molar-refractivity contribution in [2.75, 3.05) is 0 Å². The van der Waals surface area contributed by atoms with Gasteiger partial charge in [-0.2, -0.15) is 5.10 Å². The van der Waals surface area contributed by atoms with Crippen molar-refractivity contribution in [3.05, 3.63) is 84.4 Å². The summed E-state index contributed by atoms with van der Waals surface area (Å²) in [7, 11) is 0. The minimum atomic E-state index is 0.779. The second-order valence-corrected chi connectivity index (χ2v) is 6.19. The molecule has 3 heterocycles. The van der Waals surface area contributed by atoms with Crippen LogP contribution in [0.25, 0.3) is 27.3 Å². The second kappa shape index (κ2) is 5.67. The highest BCUT2D eigenvalue weighted by molar-refractivity contribution is 5.93. The Kier molecular flexibility index (Phi) is 3.20. The van der Waals surface area contributed by atoms with Crippen molar-refractivity contribution in [1.82, 2.24) is 19.6 Å². The minimum absolute atomic E-state index is 0.779. The Morgan fingerprint density at radius 3 is 2.52 bits per heavy atom. The van der Waals surface area contributed by atoms with Crippen LogP contribution in [0, 0.1) is 0 Å². The predicted molar refractivity (Wildman–Crippen MR) is 99.6 cm³/mol. The van der Waals surface area contributed by atoms with Crippen molar-refractivity contribution in [2.24, 2.45) is 0 Å². The van der Waals surface area contributed by atoms with Gasteiger partial charge in [-0.1, -0.05) is 48.5 Å². The first-order valence-electron chi connectivity index (χ1n) is 8.44. The maximum atomic E-state index is 4.74. The lowest BCUT2D eigenvalue weighted by atomic mass is 10.1. The summed E-state index contributed by atoms with van der Waals surface area (Å²) in [6, 6.07) is 22.8. The Hall–Kier alpha value is -3.27. The first-order valence-corrected chi connectivity index (χ1v) is 8.44. The third-order valence-electron chi connectivity index (χ3n) is 4.53. The molecule has 2 aromatic carbocycles. The van der Waals surface area contributed by atoms with E-state index in [0.29, 0.717) is 0 Å². The van der Waals surface area contributed by atoms with E-state index in [-0.39, 0.29) is 0 Å². The largest absolute Gasteiger partial charge is 0.253 e. The van der Waals surface area contributed by atoms with Gasteiger partial charge in [0, 0.05) is 29.1 Å². The first-order chi connectivity index (χ1) is 12.4. The van der Waals surface area contributed by atoms with E-state index >= 15 is 0 Å². The fourth-order valence-corrected chi connectivity index (χ4v) is 3.25. The number of pyridine rings is 2. The molecule has 120 valence electrons. The number of benzene rings is 2. The number of para-hydroxylation sites is 1. The number of hydrogen-bond acceptors (Lipinski definition) is 3. The van der Waals surface area contributed by atoms with Crippen LogP contribution in [-0.4, -0.2) is 19.6 Å². The van der Waals surface area contributed by atoms with E-state index in [9.17, 15) is 0 Å². The highest BCUT2D eigenvalue weighted by Crippen LogP contribution is 2.19. The van der Waals surface area contributed by atoms with Crippen molar-refractivity contribution in [3.63, 3.8) is 0 Å². The molecule has 5 aromatic rings. The number of aromatic nitrogens is 4. The smallest absolute Gasteiger partial charge is 0.163 e. The van der Waals surface area contributed by atoms with Crippen LogP contribution in [0.3, 0.4) is 0 Å². The zero-order chi connectivity index (χ0) is 16.6. The second-order valence-electron chi connectivity index (χ2n) is 6.19. The number of fused-ring (bicyclic) bond motifs is 4. The van der Waals surface area contributed by atoms with Crippen molar-refractivity contribution in [2.45, 2.75) is 12.8 Å². The molecule has 0 aliphatic rings. The van der Waals surface area contributed by atoms with Gasteiger partial charge in [-0.25, -0.2) is 9.50 Å². The molecule has 0 saturated heterocycles. The summed E-state index contributed by atoms with van der Waals surface area (Å²) in [6.45, 7) is 0. The van der Waals surface area contributed by atoms with Gasteiger partial charge in [0.1, 0.15) is 0 Å². The van der Waals surface area contributed by atoms with Crippen molar-refractivity contribution in [3.8, 4) is 0 Å². The molecule has 0 spiro atoms. The lowest BCUT2D eigenvalue weighted by molar-refractivity contribution is 0.824. The van der Waals surface area contributed by atoms with Gasteiger partial charge in [0.25, 0.3) is 0 Å². The van der Waals surface area contributed by atoms with Crippen LogP contribution >= 0.6 is 0 Å². The Balaban J connectivity index is 1.46. The van der Waals surface area contributed by atoms with E-state index in [1.54, 1.807) is 0 Å². The Morgan fingerprint density at radius 2 is 1.56 bits per heavy atom. The lowest BCUT2D eigenvalue weighted by Crippen LogP contribution is -1.97. The third-order valence-corrected chi connectivity index (χ3v) is 4.53. The molecular weight excluding hydrogens is 308 g/mol. The number of aryl methyl sites for hydroxylation is 2. The normalized spacial score (nSPS) is 11.5. The van der Waals surface area contributed by atoms with Gasteiger partial charge in [0.05, 0.1) is 5.52 Å². The molecule has 0 saturated carbocycles. The minimum Gasteiger partial charge on any atom is -0.253 e. The molecule has 25 heavy (non-hydrogen) atoms. The fraction of sp³-hybridized carbons (Fsp3) is 0.0952. The van der Waals surface area contributed by atoms with Crippen LogP contribution in [0.1, 0.15) is 11.5 Å². The molecule has 0 aliphatic heterocycles. The SMILES string of the molecule is c1ccc2nc(CCc3nc4c5ccccc5ccn4n3)ccc2c1. The highest BCUT2D eigenvalue weighted by Gasteiger charge is 2.08. The van der Waals surface area contributed by atoms with Gasteiger partial charge in [0.15, 0.2) is 11.5 Å². The average Bonchev–Trinajstić information content (AvgIpc) is 3.10. The molecule has 0 fully saturated rings. The molecule has 3 aromatic heterocycles. The van der Waals surface area contributed by atoms with Crippen LogP contribution in [-0.2, 0) is 12.8 Å². The molecule has 0 aliphatic carbocycles. The van der Waals surface area contributed by atoms with Gasteiger partial charge in [-0.3, -0.25) is 4.98 Å². The van der Waals surface area contributed by atoms with E-state index in [1.165, 1.54) is 10.8 Å². The maximum Gasteiger partial charge on any atom is 0.163 e. The molecule has 4 heteroatoms. The van der Waals surface area contributed by atoms with Gasteiger partial charge < -0.3 is 0 Å². The quantitative estimate of drug-likeness (QED) is 0.499. The topological polar surface area (TPSA) is 43.1 Å². The summed E-state index contributed by atoms with van der Waals surface area (Å²) < 4.78 is 1.87. The summed E-state index contributed by atoms with van der Waals surface area (Å²) in [5, 5.41) is 8.11. The Morgan fingerprint density at radius 1 is 0.720 bits per heavy atom. The van der Waals surface area contributed by atoms with Gasteiger partial charge in [-0.05, 0) is 30.0 Å². The number of hydrogen-bond donors (Lipinski definition) is 0. The van der Waals surface area contributed by atoms with Crippen LogP contribution < -0.4 is 0 Å². The molecule has 0 atom stereocenters.